The molecule has 1 amide bonds. The second-order valence-electron chi connectivity index (χ2n) is 6.24. The number of rotatable bonds is 6. The molecular formula is C18H26N5O2S+. The van der Waals surface area contributed by atoms with E-state index < -0.39 is 0 Å². The lowest BCUT2D eigenvalue weighted by molar-refractivity contribution is -0.906. The predicted molar refractivity (Wildman–Crippen MR) is 106 cm³/mol. The summed E-state index contributed by atoms with van der Waals surface area (Å²) in [5, 5.41) is 8.19. The number of hydrogen-bond acceptors (Lipinski definition) is 5. The van der Waals surface area contributed by atoms with E-state index in [1.165, 1.54) is 0 Å². The summed E-state index contributed by atoms with van der Waals surface area (Å²) in [5.74, 6) is 0.807. The highest BCUT2D eigenvalue weighted by atomic mass is 32.2. The Bertz CT molecular complexity index is 669. The summed E-state index contributed by atoms with van der Waals surface area (Å²) in [5.41, 5.74) is 5.91. The first-order valence-corrected chi connectivity index (χ1v) is 10.0. The van der Waals surface area contributed by atoms with Crippen molar-refractivity contribution >= 4 is 34.2 Å². The Morgan fingerprint density at radius 3 is 2.77 bits per heavy atom. The number of amidine groups is 1. The van der Waals surface area contributed by atoms with Crippen molar-refractivity contribution < 1.29 is 14.4 Å². The third-order valence-corrected chi connectivity index (χ3v) is 5.29. The summed E-state index contributed by atoms with van der Waals surface area (Å²) in [6.45, 7) is 7.54. The number of ether oxygens (including phenoxy) is 1. The zero-order valence-corrected chi connectivity index (χ0v) is 15.9. The first-order valence-electron chi connectivity index (χ1n) is 9.06. The Balaban J connectivity index is 1.49. The third kappa shape index (κ3) is 5.55. The number of carbonyl (C=O) groups excluding carboxylic acids is 1. The lowest BCUT2D eigenvalue weighted by Gasteiger charge is -2.23. The van der Waals surface area contributed by atoms with Gasteiger partial charge in [0, 0.05) is 17.9 Å². The molecule has 2 heterocycles. The topological polar surface area (TPSA) is 79.5 Å². The molecule has 0 atom stereocenters. The highest BCUT2D eigenvalue weighted by Crippen LogP contribution is 2.16. The Labute approximate surface area is 158 Å². The Hall–Kier alpha value is -1.90. The zero-order chi connectivity index (χ0) is 18.2. The lowest BCUT2D eigenvalue weighted by Crippen LogP contribution is -3.14. The van der Waals surface area contributed by atoms with Gasteiger partial charge in [0.15, 0.2) is 5.17 Å². The van der Waals surface area contributed by atoms with Gasteiger partial charge in [-0.3, -0.25) is 15.2 Å². The Morgan fingerprint density at radius 1 is 1.35 bits per heavy atom. The molecule has 0 aliphatic carbocycles. The number of hydrogen-bond donors (Lipinski definition) is 3. The SMILES string of the molecule is CCC(=O)Nc1ccc(C2=NNC(=NCC[NH+]3CCOCC3)SC2)cc1. The minimum Gasteiger partial charge on any atom is -0.370 e. The van der Waals surface area contributed by atoms with Crippen molar-refractivity contribution in [2.45, 2.75) is 13.3 Å². The average Bonchev–Trinajstić information content (AvgIpc) is 2.70. The molecule has 0 bridgehead atoms. The van der Waals surface area contributed by atoms with E-state index in [4.69, 9.17) is 4.74 Å². The van der Waals surface area contributed by atoms with Gasteiger partial charge in [0.1, 0.15) is 13.1 Å². The van der Waals surface area contributed by atoms with Crippen molar-refractivity contribution in [3.8, 4) is 0 Å². The standard InChI is InChI=1S/C18H25N5O2S/c1-2-17(24)20-15-5-3-14(4-6-15)16-13-26-18(22-21-16)19-7-8-23-9-11-25-12-10-23/h3-6H,2,7-13H2,1H3,(H,19,22)(H,20,24)/p+1. The second kappa shape index (κ2) is 9.70. The van der Waals surface area contributed by atoms with Crippen molar-refractivity contribution in [2.75, 3.05) is 50.5 Å². The number of nitrogens with one attached hydrogen (secondary N) is 3. The molecule has 0 spiro atoms. The zero-order valence-electron chi connectivity index (χ0n) is 15.1. The van der Waals surface area contributed by atoms with Gasteiger partial charge in [-0.1, -0.05) is 30.8 Å². The van der Waals surface area contributed by atoms with Crippen LogP contribution in [0.2, 0.25) is 0 Å². The number of carbonyl (C=O) groups is 1. The number of benzene rings is 1. The molecule has 2 aliphatic rings. The van der Waals surface area contributed by atoms with Crippen molar-refractivity contribution in [3.05, 3.63) is 29.8 Å². The maximum atomic E-state index is 11.4. The van der Waals surface area contributed by atoms with E-state index in [1.54, 1.807) is 16.7 Å². The number of morpholine rings is 1. The first kappa shape index (κ1) is 18.9. The van der Waals surface area contributed by atoms with Gasteiger partial charge in [-0.15, -0.1) is 0 Å². The summed E-state index contributed by atoms with van der Waals surface area (Å²) in [7, 11) is 0. The van der Waals surface area contributed by atoms with E-state index >= 15 is 0 Å². The molecule has 3 rings (SSSR count). The molecule has 26 heavy (non-hydrogen) atoms. The Kier molecular flexibility index (Phi) is 7.04. The van der Waals surface area contributed by atoms with Crippen LogP contribution in [0.4, 0.5) is 5.69 Å². The molecule has 1 aromatic rings. The molecule has 8 heteroatoms. The van der Waals surface area contributed by atoms with Crippen LogP contribution in [-0.2, 0) is 9.53 Å². The number of amides is 1. The predicted octanol–water partition coefficient (Wildman–Crippen LogP) is 0.347. The molecule has 0 radical (unpaired) electrons. The van der Waals surface area contributed by atoms with Crippen LogP contribution in [0.1, 0.15) is 18.9 Å². The van der Waals surface area contributed by atoms with Crippen molar-refractivity contribution in [1.29, 1.82) is 0 Å². The fourth-order valence-electron chi connectivity index (χ4n) is 2.77. The fraction of sp³-hybridized carbons (Fsp3) is 0.500. The maximum Gasteiger partial charge on any atom is 0.224 e. The van der Waals surface area contributed by atoms with Crippen LogP contribution in [0.5, 0.6) is 0 Å². The molecule has 3 N–H and O–H groups in total. The molecule has 7 nitrogen and oxygen atoms in total. The molecule has 140 valence electrons. The number of thioether (sulfide) groups is 1. The number of nitrogens with zero attached hydrogens (tertiary/aromatic N) is 2. The monoisotopic (exact) mass is 376 g/mol. The highest BCUT2D eigenvalue weighted by Gasteiger charge is 2.15. The van der Waals surface area contributed by atoms with E-state index in [-0.39, 0.29) is 5.91 Å². The molecule has 0 saturated carbocycles. The van der Waals surface area contributed by atoms with Gasteiger partial charge in [-0.25, -0.2) is 0 Å². The smallest absolute Gasteiger partial charge is 0.224 e. The largest absolute Gasteiger partial charge is 0.370 e. The molecule has 1 fully saturated rings. The van der Waals surface area contributed by atoms with E-state index in [2.05, 4.69) is 20.8 Å². The summed E-state index contributed by atoms with van der Waals surface area (Å²) in [4.78, 5) is 17.6. The van der Waals surface area contributed by atoms with Gasteiger partial charge in [-0.2, -0.15) is 5.10 Å². The fourth-order valence-corrected chi connectivity index (χ4v) is 3.56. The van der Waals surface area contributed by atoms with E-state index in [0.717, 1.165) is 67.3 Å². The second-order valence-corrected chi connectivity index (χ2v) is 7.20. The molecule has 1 saturated heterocycles. The van der Waals surface area contributed by atoms with E-state index in [0.29, 0.717) is 6.42 Å². The number of hydrazone groups is 1. The first-order chi connectivity index (χ1) is 12.7. The van der Waals surface area contributed by atoms with Crippen LogP contribution in [0.15, 0.2) is 34.4 Å². The van der Waals surface area contributed by atoms with Crippen LogP contribution >= 0.6 is 11.8 Å². The summed E-state index contributed by atoms with van der Waals surface area (Å²) < 4.78 is 5.37. The molecule has 2 aliphatic heterocycles. The van der Waals surface area contributed by atoms with E-state index in [1.807, 2.05) is 31.2 Å². The van der Waals surface area contributed by atoms with Gasteiger partial charge >= 0.3 is 0 Å². The van der Waals surface area contributed by atoms with Gasteiger partial charge in [0.25, 0.3) is 0 Å². The van der Waals surface area contributed by atoms with Crippen LogP contribution in [0.25, 0.3) is 0 Å². The molecular weight excluding hydrogens is 350 g/mol. The van der Waals surface area contributed by atoms with E-state index in [9.17, 15) is 4.79 Å². The minimum atomic E-state index is 0.0183. The van der Waals surface area contributed by atoms with Gasteiger partial charge in [-0.05, 0) is 17.7 Å². The van der Waals surface area contributed by atoms with Gasteiger partial charge < -0.3 is 15.0 Å². The quantitative estimate of drug-likeness (QED) is 0.669. The van der Waals surface area contributed by atoms with Gasteiger partial charge in [0.05, 0.1) is 32.0 Å². The number of aliphatic imine (C=N–C) groups is 1. The van der Waals surface area contributed by atoms with Crippen molar-refractivity contribution in [2.24, 2.45) is 10.1 Å². The Morgan fingerprint density at radius 2 is 2.12 bits per heavy atom. The normalized spacial score (nSPS) is 19.7. The molecule has 0 unspecified atom stereocenters. The van der Waals surface area contributed by atoms with Crippen molar-refractivity contribution in [1.82, 2.24) is 5.43 Å². The van der Waals surface area contributed by atoms with Crippen molar-refractivity contribution in [3.63, 3.8) is 0 Å². The number of quaternary nitrogens is 1. The minimum absolute atomic E-state index is 0.0183. The summed E-state index contributed by atoms with van der Waals surface area (Å²) in [6, 6.07) is 7.78. The van der Waals surface area contributed by atoms with Crippen LogP contribution < -0.4 is 15.6 Å². The number of anilines is 1. The van der Waals surface area contributed by atoms with Crippen LogP contribution in [-0.4, -0.2) is 61.9 Å². The van der Waals surface area contributed by atoms with Crippen LogP contribution in [0, 0.1) is 0 Å². The summed E-state index contributed by atoms with van der Waals surface area (Å²) in [6.07, 6.45) is 0.476. The maximum absolute atomic E-state index is 11.4. The molecule has 0 aromatic heterocycles. The molecule has 1 aromatic carbocycles. The lowest BCUT2D eigenvalue weighted by atomic mass is 10.1. The average molecular weight is 377 g/mol. The third-order valence-electron chi connectivity index (χ3n) is 4.38. The highest BCUT2D eigenvalue weighted by molar-refractivity contribution is 8.14. The van der Waals surface area contributed by atoms with Gasteiger partial charge in [0.2, 0.25) is 5.91 Å². The van der Waals surface area contributed by atoms with Crippen LogP contribution in [0.3, 0.4) is 0 Å². The summed E-state index contributed by atoms with van der Waals surface area (Å²) >= 11 is 1.68.